The molecule has 1 aromatic carbocycles. The fourth-order valence-corrected chi connectivity index (χ4v) is 2.77. The van der Waals surface area contributed by atoms with E-state index in [0.29, 0.717) is 5.39 Å². The number of hydrogen-bond donors (Lipinski definition) is 2. The van der Waals surface area contributed by atoms with Crippen molar-refractivity contribution >= 4 is 20.8 Å². The van der Waals surface area contributed by atoms with Crippen molar-refractivity contribution in [2.45, 2.75) is 5.03 Å². The highest BCUT2D eigenvalue weighted by molar-refractivity contribution is 7.89. The third-order valence-corrected chi connectivity index (χ3v) is 3.75. The first kappa shape index (κ1) is 12.0. The molecule has 1 heterocycles. The zero-order chi connectivity index (χ0) is 12.3. The number of pyridine rings is 1. The minimum Gasteiger partial charge on any atom is -0.329 e. The zero-order valence-electron chi connectivity index (χ0n) is 9.13. The minimum absolute atomic E-state index is 0.0454. The van der Waals surface area contributed by atoms with Crippen molar-refractivity contribution in [1.29, 1.82) is 0 Å². The molecule has 17 heavy (non-hydrogen) atoms. The molecule has 0 atom stereocenters. The van der Waals surface area contributed by atoms with Gasteiger partial charge in [-0.25, -0.2) is 18.1 Å². The summed E-state index contributed by atoms with van der Waals surface area (Å²) in [6.07, 6.45) is 1.49. The standard InChI is InChI=1S/C11H13N3O2S/c12-6-8-14-17(15,16)11-10-4-2-1-3-9(10)5-7-13-11/h1-5,7,14H,6,8,12H2. The Hall–Kier alpha value is -1.50. The number of sulfonamides is 1. The van der Waals surface area contributed by atoms with Crippen LogP contribution in [0.4, 0.5) is 0 Å². The Labute approximate surface area is 99.7 Å². The Morgan fingerprint density at radius 2 is 2.00 bits per heavy atom. The Kier molecular flexibility index (Phi) is 3.37. The molecule has 0 unspecified atom stereocenters. The fourth-order valence-electron chi connectivity index (χ4n) is 1.57. The lowest BCUT2D eigenvalue weighted by Gasteiger charge is -2.07. The average Bonchev–Trinajstić information content (AvgIpc) is 2.36. The van der Waals surface area contributed by atoms with Gasteiger partial charge in [0.2, 0.25) is 0 Å². The van der Waals surface area contributed by atoms with Crippen LogP contribution in [0.5, 0.6) is 0 Å². The summed E-state index contributed by atoms with van der Waals surface area (Å²) in [4.78, 5) is 3.94. The molecule has 90 valence electrons. The maximum absolute atomic E-state index is 12.0. The van der Waals surface area contributed by atoms with Crippen LogP contribution in [0.15, 0.2) is 41.6 Å². The van der Waals surface area contributed by atoms with Gasteiger partial charge in [-0.05, 0) is 11.5 Å². The van der Waals surface area contributed by atoms with Crippen LogP contribution in [-0.4, -0.2) is 26.5 Å². The Balaban J connectivity index is 2.55. The van der Waals surface area contributed by atoms with Gasteiger partial charge in [-0.2, -0.15) is 0 Å². The number of nitrogens with one attached hydrogen (secondary N) is 1. The first-order valence-electron chi connectivity index (χ1n) is 5.18. The second-order valence-electron chi connectivity index (χ2n) is 3.52. The van der Waals surface area contributed by atoms with E-state index < -0.39 is 10.0 Å². The van der Waals surface area contributed by atoms with Gasteiger partial charge in [-0.1, -0.05) is 24.3 Å². The molecule has 0 spiro atoms. The first-order valence-corrected chi connectivity index (χ1v) is 6.67. The van der Waals surface area contributed by atoms with Crippen LogP contribution < -0.4 is 10.5 Å². The average molecular weight is 251 g/mol. The molecule has 5 nitrogen and oxygen atoms in total. The normalized spacial score (nSPS) is 11.8. The third-order valence-electron chi connectivity index (χ3n) is 2.33. The number of nitrogens with two attached hydrogens (primary N) is 1. The molecule has 0 fully saturated rings. The van der Waals surface area contributed by atoms with Crippen molar-refractivity contribution in [3.63, 3.8) is 0 Å². The molecule has 2 aromatic rings. The van der Waals surface area contributed by atoms with Crippen molar-refractivity contribution in [1.82, 2.24) is 9.71 Å². The van der Waals surface area contributed by atoms with E-state index >= 15 is 0 Å². The quantitative estimate of drug-likeness (QED) is 0.827. The predicted octanol–water partition coefficient (Wildman–Crippen LogP) is 0.472. The summed E-state index contributed by atoms with van der Waals surface area (Å²) in [7, 11) is -3.59. The van der Waals surface area contributed by atoms with E-state index in [-0.39, 0.29) is 18.1 Å². The second kappa shape index (κ2) is 4.79. The van der Waals surface area contributed by atoms with Gasteiger partial charge in [-0.15, -0.1) is 0 Å². The van der Waals surface area contributed by atoms with Gasteiger partial charge in [0.05, 0.1) is 0 Å². The predicted molar refractivity (Wildman–Crippen MR) is 66.0 cm³/mol. The van der Waals surface area contributed by atoms with Crippen LogP contribution in [0.1, 0.15) is 0 Å². The number of fused-ring (bicyclic) bond motifs is 1. The van der Waals surface area contributed by atoms with Gasteiger partial charge < -0.3 is 5.73 Å². The monoisotopic (exact) mass is 251 g/mol. The smallest absolute Gasteiger partial charge is 0.258 e. The fraction of sp³-hybridized carbons (Fsp3) is 0.182. The largest absolute Gasteiger partial charge is 0.329 e. The van der Waals surface area contributed by atoms with Crippen LogP contribution >= 0.6 is 0 Å². The van der Waals surface area contributed by atoms with Gasteiger partial charge >= 0.3 is 0 Å². The molecule has 0 aliphatic heterocycles. The van der Waals surface area contributed by atoms with E-state index in [4.69, 9.17) is 5.73 Å². The van der Waals surface area contributed by atoms with E-state index in [1.807, 2.05) is 12.1 Å². The van der Waals surface area contributed by atoms with Crippen molar-refractivity contribution < 1.29 is 8.42 Å². The molecule has 2 rings (SSSR count). The third kappa shape index (κ3) is 2.44. The summed E-state index contributed by atoms with van der Waals surface area (Å²) in [5.41, 5.74) is 5.28. The highest BCUT2D eigenvalue weighted by Crippen LogP contribution is 2.19. The summed E-state index contributed by atoms with van der Waals surface area (Å²) in [5.74, 6) is 0. The van der Waals surface area contributed by atoms with Gasteiger partial charge in [-0.3, -0.25) is 0 Å². The molecule has 0 bridgehead atoms. The lowest BCUT2D eigenvalue weighted by molar-refractivity contribution is 0.579. The SMILES string of the molecule is NCCNS(=O)(=O)c1nccc2ccccc12. The van der Waals surface area contributed by atoms with E-state index in [1.54, 1.807) is 18.2 Å². The lowest BCUT2D eigenvalue weighted by Crippen LogP contribution is -2.29. The molecule has 1 aromatic heterocycles. The van der Waals surface area contributed by atoms with Crippen molar-refractivity contribution in [2.75, 3.05) is 13.1 Å². The lowest BCUT2D eigenvalue weighted by atomic mass is 10.2. The Morgan fingerprint density at radius 3 is 2.76 bits per heavy atom. The van der Waals surface area contributed by atoms with Crippen molar-refractivity contribution in [3.8, 4) is 0 Å². The van der Waals surface area contributed by atoms with Crippen molar-refractivity contribution in [3.05, 3.63) is 36.5 Å². The first-order chi connectivity index (χ1) is 8.15. The van der Waals surface area contributed by atoms with E-state index in [0.717, 1.165) is 5.39 Å². The molecular weight excluding hydrogens is 238 g/mol. The number of hydrogen-bond acceptors (Lipinski definition) is 4. The molecule has 0 aliphatic carbocycles. The summed E-state index contributed by atoms with van der Waals surface area (Å²) >= 11 is 0. The van der Waals surface area contributed by atoms with E-state index in [9.17, 15) is 8.42 Å². The molecule has 6 heteroatoms. The topological polar surface area (TPSA) is 85.1 Å². The van der Waals surface area contributed by atoms with Gasteiger partial charge in [0.1, 0.15) is 0 Å². The molecule has 3 N–H and O–H groups in total. The highest BCUT2D eigenvalue weighted by Gasteiger charge is 2.17. The highest BCUT2D eigenvalue weighted by atomic mass is 32.2. The van der Waals surface area contributed by atoms with Gasteiger partial charge in [0.25, 0.3) is 10.0 Å². The molecule has 0 amide bonds. The molecular formula is C11H13N3O2S. The summed E-state index contributed by atoms with van der Waals surface area (Å²) in [6, 6.07) is 8.99. The second-order valence-corrected chi connectivity index (χ2v) is 5.21. The van der Waals surface area contributed by atoms with Crippen molar-refractivity contribution in [2.24, 2.45) is 5.73 Å². The maximum atomic E-state index is 12.0. The molecule has 0 saturated heterocycles. The Bertz CT molecular complexity index is 620. The maximum Gasteiger partial charge on any atom is 0.258 e. The summed E-state index contributed by atoms with van der Waals surface area (Å²) in [5, 5.41) is 1.50. The number of benzene rings is 1. The van der Waals surface area contributed by atoms with E-state index in [2.05, 4.69) is 9.71 Å². The van der Waals surface area contributed by atoms with Crippen LogP contribution in [0, 0.1) is 0 Å². The summed E-state index contributed by atoms with van der Waals surface area (Å²) < 4.78 is 26.4. The van der Waals surface area contributed by atoms with Gasteiger partial charge in [0, 0.05) is 24.7 Å². The zero-order valence-corrected chi connectivity index (χ0v) is 9.94. The number of aromatic nitrogens is 1. The molecule has 0 radical (unpaired) electrons. The summed E-state index contributed by atoms with van der Waals surface area (Å²) in [6.45, 7) is 0.456. The number of nitrogens with zero attached hydrogens (tertiary/aromatic N) is 1. The molecule has 0 saturated carbocycles. The minimum atomic E-state index is -3.59. The Morgan fingerprint density at radius 1 is 1.24 bits per heavy atom. The number of rotatable bonds is 4. The molecule has 0 aliphatic rings. The van der Waals surface area contributed by atoms with Crippen LogP contribution in [0.3, 0.4) is 0 Å². The van der Waals surface area contributed by atoms with E-state index in [1.165, 1.54) is 6.20 Å². The van der Waals surface area contributed by atoms with Crippen LogP contribution in [0.25, 0.3) is 10.8 Å². The van der Waals surface area contributed by atoms with Crippen LogP contribution in [0.2, 0.25) is 0 Å². The van der Waals surface area contributed by atoms with Gasteiger partial charge in [0.15, 0.2) is 5.03 Å². The van der Waals surface area contributed by atoms with Crippen LogP contribution in [-0.2, 0) is 10.0 Å².